The van der Waals surface area contributed by atoms with Gasteiger partial charge in [-0.2, -0.15) is 35.9 Å². The molecule has 0 aromatic heterocycles. The molecule has 2 aliphatic rings. The maximum absolute atomic E-state index is 3.69. The van der Waals surface area contributed by atoms with E-state index in [1.807, 2.05) is 30.3 Å². The van der Waals surface area contributed by atoms with Gasteiger partial charge < -0.3 is 24.8 Å². The number of fused-ring (bicyclic) bond motifs is 3. The minimum absolute atomic E-state index is 0. The quantitative estimate of drug-likeness (QED) is 0.284. The molecule has 0 nitrogen and oxygen atoms in total. The number of halogens is 2. The molecule has 0 heterocycles. The largest absolute Gasteiger partial charge is 0.214 e. The van der Waals surface area contributed by atoms with Crippen LogP contribution in [-0.4, -0.2) is 3.21 Å². The predicted molar refractivity (Wildman–Crippen MR) is 137 cm³/mol. The average molecular weight is 573 g/mol. The summed E-state index contributed by atoms with van der Waals surface area (Å²) in [6.07, 6.45) is 3.91. The van der Waals surface area contributed by atoms with Crippen molar-refractivity contribution in [2.45, 2.75) is 85.5 Å². The van der Waals surface area contributed by atoms with Crippen molar-refractivity contribution >= 4 is 3.21 Å². The molecule has 0 atom stereocenters. The third-order valence-corrected chi connectivity index (χ3v) is 7.36. The fourth-order valence-electron chi connectivity index (χ4n) is 4.41. The first-order chi connectivity index (χ1) is 14.9. The van der Waals surface area contributed by atoms with Crippen molar-refractivity contribution in [3.05, 3.63) is 88.0 Å². The van der Waals surface area contributed by atoms with Crippen molar-refractivity contribution in [3.63, 3.8) is 0 Å². The fraction of sp³-hybridized carbons (Fsp3) is 0.419. The first-order valence-corrected chi connectivity index (χ1v) is 13.0. The maximum atomic E-state index is 3.69. The molecule has 2 aliphatic carbocycles. The molecular formula is C31H38Cl2Zr-2. The van der Waals surface area contributed by atoms with Crippen molar-refractivity contribution in [1.82, 2.24) is 0 Å². The predicted octanol–water partition coefficient (Wildman–Crippen LogP) is 2.18. The average Bonchev–Trinajstić information content (AvgIpc) is 3.14. The molecular weight excluding hydrogens is 534 g/mol. The third kappa shape index (κ3) is 8.08. The summed E-state index contributed by atoms with van der Waals surface area (Å²) in [5.41, 5.74) is 11.6. The second-order valence-electron chi connectivity index (χ2n) is 11.3. The van der Waals surface area contributed by atoms with Crippen LogP contribution in [0.5, 0.6) is 0 Å². The number of aryl methyl sites for hydroxylation is 2. The minimum atomic E-state index is 0. The third-order valence-electron chi connectivity index (χ3n) is 6.14. The van der Waals surface area contributed by atoms with E-state index in [0.29, 0.717) is 0 Å². The monoisotopic (exact) mass is 570 g/mol. The van der Waals surface area contributed by atoms with Gasteiger partial charge in [0, 0.05) is 0 Å². The molecule has 0 bridgehead atoms. The van der Waals surface area contributed by atoms with Gasteiger partial charge in [0.25, 0.3) is 0 Å². The standard InChI is InChI=1S/C23H29.C5H5.C3H4.2ClH.Zr/c1-14-9-16-11-17-10-15(2)21(23(6,7)8)13-19(17)18(16)12-20(14)22(3,4)5;1-2-4-5-3-1;1-2-3-1;;;/h9,12-13H,11H2,1-8H3;1-5H;1-2H2;2*1H;/q2*-1;;;;+2/p-2. The topological polar surface area (TPSA) is 0 Å². The van der Waals surface area contributed by atoms with Gasteiger partial charge >= 0.3 is 40.3 Å². The Hall–Kier alpha value is -0.877. The van der Waals surface area contributed by atoms with Crippen LogP contribution < -0.4 is 24.8 Å². The first kappa shape index (κ1) is 31.2. The summed E-state index contributed by atoms with van der Waals surface area (Å²) in [5, 5.41) is 0. The van der Waals surface area contributed by atoms with E-state index >= 15 is 0 Å². The number of hydrogen-bond acceptors (Lipinski definition) is 0. The Kier molecular flexibility index (Phi) is 11.3. The molecule has 5 rings (SSSR count). The molecule has 0 aliphatic heterocycles. The van der Waals surface area contributed by atoms with E-state index in [1.165, 1.54) is 57.3 Å². The molecule has 0 spiro atoms. The summed E-state index contributed by atoms with van der Waals surface area (Å²) in [7, 11) is 0. The number of hydrogen-bond donors (Lipinski definition) is 0. The van der Waals surface area contributed by atoms with Gasteiger partial charge in [-0.3, -0.25) is 0 Å². The molecule has 3 aromatic carbocycles. The SMILES string of the molecule is Cc1[c-]c2c(cc1C(C)(C)C)-c1cc(C(C)(C)C)c(C)cc1C2.[Cl-].[Cl-].[Zr+2]=[C]1CC1.c1cc[cH-]c1. The Labute approximate surface area is 235 Å². The molecule has 3 aromatic rings. The van der Waals surface area contributed by atoms with Gasteiger partial charge in [-0.25, -0.2) is 12.1 Å². The molecule has 0 N–H and O–H groups in total. The van der Waals surface area contributed by atoms with E-state index in [9.17, 15) is 0 Å². The van der Waals surface area contributed by atoms with Gasteiger partial charge in [0.1, 0.15) is 0 Å². The first-order valence-electron chi connectivity index (χ1n) is 11.8. The van der Waals surface area contributed by atoms with Gasteiger partial charge in [-0.05, 0) is 35.4 Å². The van der Waals surface area contributed by atoms with Gasteiger partial charge in [0.05, 0.1) is 0 Å². The van der Waals surface area contributed by atoms with Crippen LogP contribution in [0.1, 0.15) is 87.8 Å². The van der Waals surface area contributed by atoms with E-state index < -0.39 is 0 Å². The Morgan fingerprint density at radius 2 is 1.29 bits per heavy atom. The van der Waals surface area contributed by atoms with Crippen LogP contribution in [-0.2, 0) is 41.5 Å². The Balaban J connectivity index is 0.000000438. The van der Waals surface area contributed by atoms with E-state index in [4.69, 9.17) is 0 Å². The van der Waals surface area contributed by atoms with Crippen LogP contribution in [0.3, 0.4) is 0 Å². The van der Waals surface area contributed by atoms with Crippen LogP contribution in [0.2, 0.25) is 0 Å². The van der Waals surface area contributed by atoms with Crippen molar-refractivity contribution in [3.8, 4) is 11.1 Å². The number of benzene rings is 2. The zero-order valence-corrected chi connectivity index (χ0v) is 26.0. The van der Waals surface area contributed by atoms with Crippen LogP contribution >= 0.6 is 0 Å². The van der Waals surface area contributed by atoms with E-state index in [1.54, 1.807) is 27.4 Å². The molecule has 0 unspecified atom stereocenters. The van der Waals surface area contributed by atoms with Crippen LogP contribution in [0.25, 0.3) is 11.1 Å². The summed E-state index contributed by atoms with van der Waals surface area (Å²) in [4.78, 5) is 0. The molecule has 0 radical (unpaired) electrons. The van der Waals surface area contributed by atoms with E-state index in [-0.39, 0.29) is 35.6 Å². The second-order valence-corrected chi connectivity index (χ2v) is 13.0. The zero-order valence-electron chi connectivity index (χ0n) is 22.0. The maximum Gasteiger partial charge on any atom is -0.172 e. The van der Waals surface area contributed by atoms with Gasteiger partial charge in [-0.1, -0.05) is 71.6 Å². The summed E-state index contributed by atoms with van der Waals surface area (Å²) in [6.45, 7) is 18.2. The molecule has 3 heteroatoms. The van der Waals surface area contributed by atoms with Gasteiger partial charge in [0.15, 0.2) is 0 Å². The van der Waals surface area contributed by atoms with E-state index in [2.05, 4.69) is 79.7 Å². The molecule has 34 heavy (non-hydrogen) atoms. The zero-order chi connectivity index (χ0) is 23.7. The summed E-state index contributed by atoms with van der Waals surface area (Å²) in [6, 6.07) is 20.9. The van der Waals surface area contributed by atoms with Crippen LogP contribution in [0, 0.1) is 19.9 Å². The summed E-state index contributed by atoms with van der Waals surface area (Å²) in [5.74, 6) is 0. The van der Waals surface area contributed by atoms with Crippen molar-refractivity contribution in [2.24, 2.45) is 0 Å². The minimum Gasteiger partial charge on any atom is -0.214 e. The van der Waals surface area contributed by atoms with Gasteiger partial charge in [0.2, 0.25) is 0 Å². The smallest absolute Gasteiger partial charge is 0.172 e. The van der Waals surface area contributed by atoms with Crippen LogP contribution in [0.4, 0.5) is 0 Å². The van der Waals surface area contributed by atoms with Crippen molar-refractivity contribution < 1.29 is 49.0 Å². The molecule has 1 fully saturated rings. The van der Waals surface area contributed by atoms with E-state index in [0.717, 1.165) is 6.42 Å². The molecule has 1 saturated carbocycles. The van der Waals surface area contributed by atoms with Crippen molar-refractivity contribution in [2.75, 3.05) is 0 Å². The Morgan fingerprint density at radius 1 is 0.794 bits per heavy atom. The number of rotatable bonds is 0. The molecule has 182 valence electrons. The molecule has 0 amide bonds. The summed E-state index contributed by atoms with van der Waals surface area (Å²) >= 11 is 1.66. The molecule has 0 saturated heterocycles. The van der Waals surface area contributed by atoms with Crippen LogP contribution in [0.15, 0.2) is 48.5 Å². The normalized spacial score (nSPS) is 13.2. The van der Waals surface area contributed by atoms with Gasteiger partial charge in [-0.15, -0.1) is 16.7 Å². The fourth-order valence-corrected chi connectivity index (χ4v) is 4.71. The Morgan fingerprint density at radius 3 is 1.71 bits per heavy atom. The second kappa shape index (κ2) is 12.4. The summed E-state index contributed by atoms with van der Waals surface area (Å²) < 4.78 is 1.76. The Bertz CT molecular complexity index is 1000. The van der Waals surface area contributed by atoms with Crippen molar-refractivity contribution in [1.29, 1.82) is 0 Å².